The molecule has 1 aliphatic heterocycles. The van der Waals surface area contributed by atoms with Gasteiger partial charge in [0.05, 0.1) is 17.9 Å². The molecule has 3 aromatic rings. The number of sulfonamides is 1. The van der Waals surface area contributed by atoms with E-state index in [-0.39, 0.29) is 16.0 Å². The molecule has 4 atom stereocenters. The minimum absolute atomic E-state index is 0.0379. The molecular formula is C29H39N7O4S. The maximum atomic E-state index is 13.5. The van der Waals surface area contributed by atoms with Crippen LogP contribution in [0.2, 0.25) is 0 Å². The smallest absolute Gasteiger partial charge is 0.268 e. The van der Waals surface area contributed by atoms with E-state index in [0.29, 0.717) is 48.2 Å². The van der Waals surface area contributed by atoms with E-state index in [2.05, 4.69) is 40.6 Å². The van der Waals surface area contributed by atoms with Crippen LogP contribution in [-0.2, 0) is 17.1 Å². The highest BCUT2D eigenvalue weighted by Crippen LogP contribution is 2.48. The average Bonchev–Trinajstić information content (AvgIpc) is 3.72. The number of hydrogen-bond donors (Lipinski definition) is 1. The summed E-state index contributed by atoms with van der Waals surface area (Å²) in [5.74, 6) is 3.38. The topological polar surface area (TPSA) is 124 Å². The number of pyridine rings is 1. The van der Waals surface area contributed by atoms with Crippen molar-refractivity contribution in [3.8, 4) is 11.7 Å². The van der Waals surface area contributed by atoms with Gasteiger partial charge >= 0.3 is 0 Å². The van der Waals surface area contributed by atoms with Crippen molar-refractivity contribution in [3.63, 3.8) is 0 Å². The van der Waals surface area contributed by atoms with Crippen LogP contribution in [0.25, 0.3) is 5.82 Å². The number of hydrogen-bond acceptors (Lipinski definition) is 8. The third-order valence-electron chi connectivity index (χ3n) is 9.05. The van der Waals surface area contributed by atoms with Gasteiger partial charge in [0.1, 0.15) is 10.7 Å². The molecule has 3 fully saturated rings. The van der Waals surface area contributed by atoms with Crippen molar-refractivity contribution in [2.24, 2.45) is 30.7 Å². The Balaban J connectivity index is 1.27. The zero-order chi connectivity index (χ0) is 29.1. The van der Waals surface area contributed by atoms with E-state index in [4.69, 9.17) is 9.72 Å². The maximum absolute atomic E-state index is 13.5. The molecular weight excluding hydrogens is 542 g/mol. The highest BCUT2D eigenvalue weighted by Gasteiger charge is 2.41. The number of aryl methyl sites for hydroxylation is 2. The van der Waals surface area contributed by atoms with E-state index in [0.717, 1.165) is 18.3 Å². The third-order valence-corrected chi connectivity index (χ3v) is 10.5. The van der Waals surface area contributed by atoms with Crippen molar-refractivity contribution in [1.82, 2.24) is 29.3 Å². The summed E-state index contributed by atoms with van der Waals surface area (Å²) in [5.41, 5.74) is 0.215. The molecule has 4 heterocycles. The number of nitrogens with one attached hydrogen (secondary N) is 1. The number of aromatic nitrogens is 5. The number of carbonyl (C=O) groups is 1. The summed E-state index contributed by atoms with van der Waals surface area (Å²) in [6, 6.07) is 5.13. The lowest BCUT2D eigenvalue weighted by atomic mass is 9.90. The summed E-state index contributed by atoms with van der Waals surface area (Å²) in [5, 5.41) is 8.72. The van der Waals surface area contributed by atoms with Crippen LogP contribution in [0.3, 0.4) is 0 Å². The largest absolute Gasteiger partial charge is 0.476 e. The standard InChI is InChI=1S/C29H39N7O4S/c1-18-14-29(3,4)35(15-18)27-23(28(37)33-41(38,39)24-16-34(5)31-19(24)2)8-9-25(30-27)36-11-10-26(32-36)40-17-22-13-20-6-7-21(22)12-20/h8-11,16,18,20-22H,6-7,12-15,17H2,1-5H3,(H,33,37)/t18-,20+,21+,22?/m0/s1. The van der Waals surface area contributed by atoms with Crippen LogP contribution < -0.4 is 14.4 Å². The summed E-state index contributed by atoms with van der Waals surface area (Å²) in [6.45, 7) is 9.34. The van der Waals surface area contributed by atoms with Crippen molar-refractivity contribution >= 4 is 21.7 Å². The van der Waals surface area contributed by atoms with Crippen LogP contribution in [-0.4, -0.2) is 57.6 Å². The van der Waals surface area contributed by atoms with Gasteiger partial charge in [-0.3, -0.25) is 9.48 Å². The van der Waals surface area contributed by atoms with E-state index in [1.165, 1.54) is 36.6 Å². The molecule has 2 saturated carbocycles. The lowest BCUT2D eigenvalue weighted by Gasteiger charge is -2.34. The molecule has 0 spiro atoms. The first-order chi connectivity index (χ1) is 19.4. The lowest BCUT2D eigenvalue weighted by Crippen LogP contribution is -2.41. The summed E-state index contributed by atoms with van der Waals surface area (Å²) in [7, 11) is -2.50. The van der Waals surface area contributed by atoms with Gasteiger partial charge in [0.15, 0.2) is 5.82 Å². The Morgan fingerprint density at radius 2 is 1.98 bits per heavy atom. The molecule has 2 bridgehead atoms. The van der Waals surface area contributed by atoms with Crippen LogP contribution in [0.15, 0.2) is 35.5 Å². The van der Waals surface area contributed by atoms with E-state index in [9.17, 15) is 13.2 Å². The first kappa shape index (κ1) is 27.7. The van der Waals surface area contributed by atoms with Crippen molar-refractivity contribution in [1.29, 1.82) is 0 Å². The summed E-state index contributed by atoms with van der Waals surface area (Å²) >= 11 is 0. The minimum atomic E-state index is -4.14. The second kappa shape index (κ2) is 10.1. The monoisotopic (exact) mass is 581 g/mol. The molecule has 6 rings (SSSR count). The molecule has 12 heteroatoms. The number of rotatable bonds is 8. The van der Waals surface area contributed by atoms with Crippen LogP contribution in [0.4, 0.5) is 5.82 Å². The zero-order valence-corrected chi connectivity index (χ0v) is 25.2. The number of fused-ring (bicyclic) bond motifs is 2. The number of amides is 1. The van der Waals surface area contributed by atoms with E-state index >= 15 is 0 Å². The number of nitrogens with zero attached hydrogens (tertiary/aromatic N) is 6. The minimum Gasteiger partial charge on any atom is -0.476 e. The van der Waals surface area contributed by atoms with Gasteiger partial charge in [-0.25, -0.2) is 22.8 Å². The molecule has 1 saturated heterocycles. The molecule has 2 aliphatic carbocycles. The fourth-order valence-corrected chi connectivity index (χ4v) is 8.45. The maximum Gasteiger partial charge on any atom is 0.268 e. The predicted octanol–water partition coefficient (Wildman–Crippen LogP) is 3.87. The number of anilines is 1. The normalized spacial score (nSPS) is 25.1. The lowest BCUT2D eigenvalue weighted by molar-refractivity contribution is 0.0981. The van der Waals surface area contributed by atoms with Gasteiger partial charge in [-0.2, -0.15) is 5.10 Å². The average molecular weight is 582 g/mol. The van der Waals surface area contributed by atoms with Crippen molar-refractivity contribution in [3.05, 3.63) is 41.9 Å². The first-order valence-electron chi connectivity index (χ1n) is 14.4. The van der Waals surface area contributed by atoms with Crippen LogP contribution in [0.5, 0.6) is 5.88 Å². The zero-order valence-electron chi connectivity index (χ0n) is 24.4. The van der Waals surface area contributed by atoms with Gasteiger partial charge in [-0.15, -0.1) is 5.10 Å². The SMILES string of the molecule is Cc1nn(C)cc1S(=O)(=O)NC(=O)c1ccc(-n2ccc(OCC3C[C@@H]4CC[C@@H]3C4)n2)nc1N1C[C@@H](C)CC1(C)C. The second-order valence-electron chi connectivity index (χ2n) is 12.8. The van der Waals surface area contributed by atoms with Gasteiger partial charge in [-0.1, -0.05) is 13.3 Å². The van der Waals surface area contributed by atoms with E-state index < -0.39 is 15.9 Å². The Bertz CT molecular complexity index is 1580. The van der Waals surface area contributed by atoms with Crippen LogP contribution in [0.1, 0.15) is 68.9 Å². The molecule has 220 valence electrons. The Labute approximate surface area is 241 Å². The number of carbonyl (C=O) groups excluding carboxylic acids is 1. The van der Waals surface area contributed by atoms with Gasteiger partial charge in [0.2, 0.25) is 5.88 Å². The third kappa shape index (κ3) is 5.33. The summed E-state index contributed by atoms with van der Waals surface area (Å²) in [4.78, 5) is 20.4. The van der Waals surface area contributed by atoms with E-state index in [1.807, 2.05) is 6.07 Å². The van der Waals surface area contributed by atoms with E-state index in [1.54, 1.807) is 37.0 Å². The highest BCUT2D eigenvalue weighted by atomic mass is 32.2. The molecule has 41 heavy (non-hydrogen) atoms. The summed E-state index contributed by atoms with van der Waals surface area (Å²) in [6.07, 6.45) is 9.36. The molecule has 11 nitrogen and oxygen atoms in total. The Hall–Kier alpha value is -3.41. The Morgan fingerprint density at radius 1 is 1.17 bits per heavy atom. The number of ether oxygens (including phenoxy) is 1. The molecule has 3 aliphatic rings. The highest BCUT2D eigenvalue weighted by molar-refractivity contribution is 7.90. The molecule has 3 aromatic heterocycles. The van der Waals surface area contributed by atoms with Crippen molar-refractivity contribution < 1.29 is 17.9 Å². The predicted molar refractivity (Wildman–Crippen MR) is 154 cm³/mol. The molecule has 0 aromatic carbocycles. The molecule has 1 amide bonds. The summed E-state index contributed by atoms with van der Waals surface area (Å²) < 4.78 is 37.6. The fourth-order valence-electron chi connectivity index (χ4n) is 7.27. The molecule has 1 unspecified atom stereocenters. The van der Waals surface area contributed by atoms with Gasteiger partial charge in [0, 0.05) is 37.6 Å². The van der Waals surface area contributed by atoms with Crippen molar-refractivity contribution in [2.45, 2.75) is 70.2 Å². The van der Waals surface area contributed by atoms with Crippen LogP contribution >= 0.6 is 0 Å². The quantitative estimate of drug-likeness (QED) is 0.425. The van der Waals surface area contributed by atoms with Gasteiger partial charge in [-0.05, 0) is 82.3 Å². The van der Waals surface area contributed by atoms with Crippen LogP contribution in [0, 0.1) is 30.6 Å². The first-order valence-corrected chi connectivity index (χ1v) is 15.9. The van der Waals surface area contributed by atoms with Crippen molar-refractivity contribution in [2.75, 3.05) is 18.1 Å². The second-order valence-corrected chi connectivity index (χ2v) is 14.5. The van der Waals surface area contributed by atoms with Gasteiger partial charge < -0.3 is 9.64 Å². The molecule has 1 N–H and O–H groups in total. The van der Waals surface area contributed by atoms with Gasteiger partial charge in [0.25, 0.3) is 15.9 Å². The fraction of sp³-hybridized carbons (Fsp3) is 0.586. The Kier molecular flexibility index (Phi) is 6.87. The molecule has 0 radical (unpaired) electrons. The Morgan fingerprint density at radius 3 is 2.61 bits per heavy atom.